The quantitative estimate of drug-likeness (QED) is 0.602. The van der Waals surface area contributed by atoms with Crippen LogP contribution in [-0.4, -0.2) is 9.97 Å². The van der Waals surface area contributed by atoms with E-state index >= 15 is 0 Å². The van der Waals surface area contributed by atoms with Gasteiger partial charge in [-0.05, 0) is 0 Å². The molecule has 1 heterocycles. The van der Waals surface area contributed by atoms with Crippen LogP contribution in [0.5, 0.6) is 0 Å². The van der Waals surface area contributed by atoms with E-state index in [4.69, 9.17) is 0 Å². The van der Waals surface area contributed by atoms with Gasteiger partial charge in [-0.2, -0.15) is 4.98 Å². The van der Waals surface area contributed by atoms with Crippen molar-refractivity contribution in [1.82, 2.24) is 9.97 Å². The zero-order valence-corrected chi connectivity index (χ0v) is 5.50. The predicted molar refractivity (Wildman–Crippen MR) is 38.8 cm³/mol. The van der Waals surface area contributed by atoms with Gasteiger partial charge in [0.1, 0.15) is 0 Å². The second-order valence-corrected chi connectivity index (χ2v) is 1.90. The van der Waals surface area contributed by atoms with Crippen LogP contribution >= 0.6 is 0 Å². The molecule has 0 aliphatic carbocycles. The van der Waals surface area contributed by atoms with E-state index in [9.17, 15) is 4.79 Å². The second kappa shape index (κ2) is 2.96. The maximum Gasteiger partial charge on any atom is 0.272 e. The fraction of sp³-hybridized carbons (Fsp3) is 0.143. The molecular weight excluding hydrogens is 128 g/mol. The lowest BCUT2D eigenvalue weighted by atomic mass is 10.3. The molecular formula is C7H8N2O. The molecule has 3 nitrogen and oxygen atoms in total. The van der Waals surface area contributed by atoms with E-state index in [0.717, 1.165) is 5.69 Å². The summed E-state index contributed by atoms with van der Waals surface area (Å²) in [4.78, 5) is 16.9. The summed E-state index contributed by atoms with van der Waals surface area (Å²) in [5.74, 6) is 0. The summed E-state index contributed by atoms with van der Waals surface area (Å²) in [6.07, 6.45) is 3.80. The van der Waals surface area contributed by atoms with Crippen LogP contribution in [0.4, 0.5) is 0 Å². The number of aromatic nitrogens is 2. The molecule has 3 heteroatoms. The number of rotatable bonds is 2. The third-order valence-electron chi connectivity index (χ3n) is 1.10. The Hall–Kier alpha value is -1.38. The third-order valence-corrected chi connectivity index (χ3v) is 1.10. The van der Waals surface area contributed by atoms with Gasteiger partial charge in [0, 0.05) is 18.2 Å². The summed E-state index contributed by atoms with van der Waals surface area (Å²) in [7, 11) is 0. The SMILES string of the molecule is C=CCc1cc(=O)nc[nH]1. The van der Waals surface area contributed by atoms with Gasteiger partial charge < -0.3 is 4.98 Å². The number of allylic oxidation sites excluding steroid dienone is 1. The first kappa shape index (κ1) is 6.74. The summed E-state index contributed by atoms with van der Waals surface area (Å²) in [6, 6.07) is 1.46. The van der Waals surface area contributed by atoms with Gasteiger partial charge in [-0.25, -0.2) is 0 Å². The van der Waals surface area contributed by atoms with Gasteiger partial charge in [-0.15, -0.1) is 6.58 Å². The van der Waals surface area contributed by atoms with Crippen LogP contribution in [0.1, 0.15) is 5.69 Å². The molecule has 1 rings (SSSR count). The number of hydrogen-bond acceptors (Lipinski definition) is 2. The zero-order valence-electron chi connectivity index (χ0n) is 5.50. The summed E-state index contributed by atoms with van der Waals surface area (Å²) in [6.45, 7) is 3.54. The van der Waals surface area contributed by atoms with Gasteiger partial charge in [0.2, 0.25) is 0 Å². The van der Waals surface area contributed by atoms with E-state index in [-0.39, 0.29) is 5.56 Å². The number of nitrogens with zero attached hydrogens (tertiary/aromatic N) is 1. The molecule has 10 heavy (non-hydrogen) atoms. The molecule has 0 saturated heterocycles. The molecule has 0 saturated carbocycles. The van der Waals surface area contributed by atoms with E-state index in [2.05, 4.69) is 16.5 Å². The average molecular weight is 136 g/mol. The lowest BCUT2D eigenvalue weighted by Gasteiger charge is -1.91. The van der Waals surface area contributed by atoms with Gasteiger partial charge in [-0.3, -0.25) is 4.79 Å². The molecule has 52 valence electrons. The van der Waals surface area contributed by atoms with E-state index < -0.39 is 0 Å². The van der Waals surface area contributed by atoms with Crippen molar-refractivity contribution in [2.45, 2.75) is 6.42 Å². The van der Waals surface area contributed by atoms with Crippen LogP contribution in [0, 0.1) is 0 Å². The molecule has 1 aromatic heterocycles. The molecule has 1 N–H and O–H groups in total. The lowest BCUT2D eigenvalue weighted by Crippen LogP contribution is -2.05. The van der Waals surface area contributed by atoms with Gasteiger partial charge >= 0.3 is 0 Å². The molecule has 0 spiro atoms. The highest BCUT2D eigenvalue weighted by molar-refractivity contribution is 5.02. The highest BCUT2D eigenvalue weighted by atomic mass is 16.1. The molecule has 0 unspecified atom stereocenters. The molecule has 0 radical (unpaired) electrons. The highest BCUT2D eigenvalue weighted by Gasteiger charge is 1.88. The van der Waals surface area contributed by atoms with Crippen molar-refractivity contribution in [1.29, 1.82) is 0 Å². The van der Waals surface area contributed by atoms with E-state index in [0.29, 0.717) is 6.42 Å². The molecule has 0 atom stereocenters. The van der Waals surface area contributed by atoms with Crippen molar-refractivity contribution in [2.24, 2.45) is 0 Å². The maximum absolute atomic E-state index is 10.6. The average Bonchev–Trinajstić information content (AvgIpc) is 1.88. The normalized spacial score (nSPS) is 9.20. The minimum Gasteiger partial charge on any atom is -0.349 e. The molecule has 0 aliphatic heterocycles. The second-order valence-electron chi connectivity index (χ2n) is 1.90. The van der Waals surface area contributed by atoms with Crippen molar-refractivity contribution in [2.75, 3.05) is 0 Å². The fourth-order valence-corrected chi connectivity index (χ4v) is 0.680. The first-order valence-electron chi connectivity index (χ1n) is 2.97. The summed E-state index contributed by atoms with van der Waals surface area (Å²) in [5.41, 5.74) is 0.630. The zero-order chi connectivity index (χ0) is 7.40. The van der Waals surface area contributed by atoms with Gasteiger partial charge in [0.15, 0.2) is 0 Å². The van der Waals surface area contributed by atoms with Crippen LogP contribution in [0.2, 0.25) is 0 Å². The first-order chi connectivity index (χ1) is 4.83. The summed E-state index contributed by atoms with van der Waals surface area (Å²) in [5, 5.41) is 0. The van der Waals surface area contributed by atoms with Crippen molar-refractivity contribution in [3.63, 3.8) is 0 Å². The van der Waals surface area contributed by atoms with Gasteiger partial charge in [0.05, 0.1) is 6.33 Å². The third kappa shape index (κ3) is 1.55. The van der Waals surface area contributed by atoms with E-state index in [1.54, 1.807) is 6.08 Å². The Kier molecular flexibility index (Phi) is 1.99. The van der Waals surface area contributed by atoms with E-state index in [1.165, 1.54) is 12.4 Å². The molecule has 0 aliphatic rings. The van der Waals surface area contributed by atoms with Crippen LogP contribution in [-0.2, 0) is 6.42 Å². The monoisotopic (exact) mass is 136 g/mol. The molecule has 0 amide bonds. The topological polar surface area (TPSA) is 45.8 Å². The maximum atomic E-state index is 10.6. The Morgan fingerprint density at radius 1 is 1.80 bits per heavy atom. The predicted octanol–water partition coefficient (Wildman–Crippen LogP) is 0.498. The van der Waals surface area contributed by atoms with Crippen molar-refractivity contribution in [3.8, 4) is 0 Å². The van der Waals surface area contributed by atoms with Crippen LogP contribution in [0.25, 0.3) is 0 Å². The largest absolute Gasteiger partial charge is 0.349 e. The van der Waals surface area contributed by atoms with Crippen molar-refractivity contribution < 1.29 is 0 Å². The Morgan fingerprint density at radius 3 is 3.20 bits per heavy atom. The Morgan fingerprint density at radius 2 is 2.60 bits per heavy atom. The smallest absolute Gasteiger partial charge is 0.272 e. The highest BCUT2D eigenvalue weighted by Crippen LogP contribution is 1.88. The number of hydrogen-bond donors (Lipinski definition) is 1. The Labute approximate surface area is 58.4 Å². The molecule has 1 aromatic rings. The van der Waals surface area contributed by atoms with Crippen molar-refractivity contribution >= 4 is 0 Å². The van der Waals surface area contributed by atoms with Crippen LogP contribution in [0.3, 0.4) is 0 Å². The van der Waals surface area contributed by atoms with Crippen LogP contribution in [0.15, 0.2) is 29.8 Å². The molecule has 0 bridgehead atoms. The standard InChI is InChI=1S/C7H8N2O/c1-2-3-6-4-7(10)9-5-8-6/h2,4-5H,1,3H2,(H,8,9,10). The van der Waals surface area contributed by atoms with Gasteiger partial charge in [-0.1, -0.05) is 6.08 Å². The first-order valence-corrected chi connectivity index (χ1v) is 2.97. The van der Waals surface area contributed by atoms with E-state index in [1.807, 2.05) is 0 Å². The minimum atomic E-state index is -0.212. The number of aromatic amines is 1. The van der Waals surface area contributed by atoms with Crippen molar-refractivity contribution in [3.05, 3.63) is 41.1 Å². The van der Waals surface area contributed by atoms with Crippen LogP contribution < -0.4 is 5.56 Å². The fourth-order valence-electron chi connectivity index (χ4n) is 0.680. The summed E-state index contributed by atoms with van der Waals surface area (Å²) < 4.78 is 0. The molecule has 0 fully saturated rings. The number of nitrogens with one attached hydrogen (secondary N) is 1. The minimum absolute atomic E-state index is 0.212. The van der Waals surface area contributed by atoms with Gasteiger partial charge in [0.25, 0.3) is 5.56 Å². The summed E-state index contributed by atoms with van der Waals surface area (Å²) >= 11 is 0. The molecule has 0 aromatic carbocycles. The Balaban J connectivity index is 2.95. The Bertz CT molecular complexity index is 277. The lowest BCUT2D eigenvalue weighted by molar-refractivity contribution is 1.02. The number of H-pyrrole nitrogens is 1.